The summed E-state index contributed by atoms with van der Waals surface area (Å²) in [6.45, 7) is 0.501. The molecule has 0 amide bonds. The van der Waals surface area contributed by atoms with Crippen molar-refractivity contribution in [2.75, 3.05) is 6.54 Å². The molecule has 6 heteroatoms. The standard InChI is InChI=1S/C4H8N4O.ClH/c5-2-1-3-6-4(9)8-7-3;/h1-2,5H2,(H2,6,7,8,9);1H. The largest absolute Gasteiger partial charge is 0.340 e. The summed E-state index contributed by atoms with van der Waals surface area (Å²) in [4.78, 5) is 12.8. The maximum Gasteiger partial charge on any atom is 0.340 e. The Kier molecular flexibility index (Phi) is 3.75. The molecule has 58 valence electrons. The van der Waals surface area contributed by atoms with E-state index >= 15 is 0 Å². The zero-order chi connectivity index (χ0) is 6.69. The van der Waals surface area contributed by atoms with Crippen LogP contribution in [0.4, 0.5) is 0 Å². The molecule has 0 aliphatic heterocycles. The van der Waals surface area contributed by atoms with Crippen LogP contribution in [0.25, 0.3) is 0 Å². The maximum atomic E-state index is 10.4. The average Bonchev–Trinajstić information content (AvgIpc) is 2.17. The van der Waals surface area contributed by atoms with Crippen LogP contribution in [0.15, 0.2) is 4.79 Å². The number of nitrogens with zero attached hydrogens (tertiary/aromatic N) is 1. The van der Waals surface area contributed by atoms with Gasteiger partial charge in [-0.2, -0.15) is 5.10 Å². The quantitative estimate of drug-likeness (QED) is 0.525. The number of rotatable bonds is 2. The van der Waals surface area contributed by atoms with E-state index in [1.807, 2.05) is 0 Å². The summed E-state index contributed by atoms with van der Waals surface area (Å²) in [6.07, 6.45) is 0.610. The van der Waals surface area contributed by atoms with Gasteiger partial charge in [-0.05, 0) is 6.54 Å². The van der Waals surface area contributed by atoms with Gasteiger partial charge in [0.1, 0.15) is 5.82 Å². The third-order valence-corrected chi connectivity index (χ3v) is 0.931. The molecule has 0 bridgehead atoms. The van der Waals surface area contributed by atoms with Crippen molar-refractivity contribution in [3.05, 3.63) is 16.3 Å². The predicted octanol–water partition coefficient (Wildman–Crippen LogP) is -0.979. The molecule has 1 heterocycles. The molecule has 1 aromatic rings. The molecule has 0 aliphatic carbocycles. The Hall–Kier alpha value is -0.810. The maximum absolute atomic E-state index is 10.4. The fraction of sp³-hybridized carbons (Fsp3) is 0.500. The van der Waals surface area contributed by atoms with Crippen LogP contribution in [-0.4, -0.2) is 21.7 Å². The lowest BCUT2D eigenvalue weighted by atomic mass is 10.4. The van der Waals surface area contributed by atoms with Crippen molar-refractivity contribution < 1.29 is 0 Å². The molecule has 0 aliphatic rings. The van der Waals surface area contributed by atoms with Gasteiger partial charge in [-0.15, -0.1) is 12.4 Å². The fourth-order valence-corrected chi connectivity index (χ4v) is 0.560. The molecule has 0 saturated heterocycles. The van der Waals surface area contributed by atoms with Crippen molar-refractivity contribution in [1.29, 1.82) is 0 Å². The lowest BCUT2D eigenvalue weighted by molar-refractivity contribution is 0.874. The van der Waals surface area contributed by atoms with E-state index in [9.17, 15) is 4.79 Å². The molecule has 0 saturated carbocycles. The molecule has 1 rings (SSSR count). The summed E-state index contributed by atoms with van der Waals surface area (Å²) in [5.74, 6) is 0.613. The normalized spacial score (nSPS) is 8.90. The number of H-pyrrole nitrogens is 2. The van der Waals surface area contributed by atoms with Gasteiger partial charge >= 0.3 is 5.69 Å². The molecule has 0 atom stereocenters. The lowest BCUT2D eigenvalue weighted by Gasteiger charge is -1.84. The van der Waals surface area contributed by atoms with E-state index in [-0.39, 0.29) is 18.1 Å². The van der Waals surface area contributed by atoms with E-state index in [1.165, 1.54) is 0 Å². The highest BCUT2D eigenvalue weighted by molar-refractivity contribution is 5.85. The molecule has 0 spiro atoms. The van der Waals surface area contributed by atoms with Crippen LogP contribution in [0.5, 0.6) is 0 Å². The third-order valence-electron chi connectivity index (χ3n) is 0.931. The minimum absolute atomic E-state index is 0. The molecule has 1 aromatic heterocycles. The van der Waals surface area contributed by atoms with E-state index in [1.54, 1.807) is 0 Å². The highest BCUT2D eigenvalue weighted by Crippen LogP contribution is 1.78. The van der Waals surface area contributed by atoms with Gasteiger partial charge in [0.2, 0.25) is 0 Å². The van der Waals surface area contributed by atoms with Gasteiger partial charge < -0.3 is 5.73 Å². The fourth-order valence-electron chi connectivity index (χ4n) is 0.560. The van der Waals surface area contributed by atoms with Crippen LogP contribution in [-0.2, 0) is 6.42 Å². The second kappa shape index (κ2) is 4.08. The molecule has 0 aromatic carbocycles. The van der Waals surface area contributed by atoms with Gasteiger partial charge in [0, 0.05) is 6.42 Å². The van der Waals surface area contributed by atoms with Crippen LogP contribution in [0, 0.1) is 0 Å². The van der Waals surface area contributed by atoms with E-state index in [0.717, 1.165) is 0 Å². The van der Waals surface area contributed by atoms with Crippen molar-refractivity contribution in [2.24, 2.45) is 5.73 Å². The van der Waals surface area contributed by atoms with Crippen LogP contribution < -0.4 is 11.4 Å². The molecular weight excluding hydrogens is 156 g/mol. The van der Waals surface area contributed by atoms with Gasteiger partial charge in [-0.1, -0.05) is 0 Å². The molecule has 0 radical (unpaired) electrons. The molecule has 4 N–H and O–H groups in total. The number of aromatic amines is 2. The summed E-state index contributed by atoms with van der Waals surface area (Å²) >= 11 is 0. The SMILES string of the molecule is Cl.NCCc1n[nH]c(=O)[nH]1. The first-order valence-electron chi connectivity index (χ1n) is 2.66. The Labute approximate surface area is 63.4 Å². The number of hydrogen-bond acceptors (Lipinski definition) is 3. The van der Waals surface area contributed by atoms with Crippen LogP contribution in [0.1, 0.15) is 5.82 Å². The lowest BCUT2D eigenvalue weighted by Crippen LogP contribution is -2.05. The molecule has 0 fully saturated rings. The van der Waals surface area contributed by atoms with Crippen molar-refractivity contribution >= 4 is 12.4 Å². The summed E-state index contributed by atoms with van der Waals surface area (Å²) in [7, 11) is 0. The summed E-state index contributed by atoms with van der Waals surface area (Å²) in [5.41, 5.74) is 4.91. The third kappa shape index (κ3) is 2.20. The second-order valence-electron chi connectivity index (χ2n) is 1.66. The van der Waals surface area contributed by atoms with E-state index in [4.69, 9.17) is 5.73 Å². The number of nitrogens with two attached hydrogens (primary N) is 1. The van der Waals surface area contributed by atoms with E-state index in [0.29, 0.717) is 18.8 Å². The highest BCUT2D eigenvalue weighted by atomic mass is 35.5. The number of hydrogen-bond donors (Lipinski definition) is 3. The zero-order valence-corrected chi connectivity index (χ0v) is 6.07. The number of nitrogens with one attached hydrogen (secondary N) is 2. The average molecular weight is 165 g/mol. The predicted molar refractivity (Wildman–Crippen MR) is 39.2 cm³/mol. The first kappa shape index (κ1) is 9.19. The van der Waals surface area contributed by atoms with Gasteiger partial charge in [0.05, 0.1) is 0 Å². The van der Waals surface area contributed by atoms with Crippen molar-refractivity contribution in [2.45, 2.75) is 6.42 Å². The monoisotopic (exact) mass is 164 g/mol. The summed E-state index contributed by atoms with van der Waals surface area (Å²) in [5, 5.41) is 5.87. The smallest absolute Gasteiger partial charge is 0.330 e. The second-order valence-corrected chi connectivity index (χ2v) is 1.66. The molecular formula is C4H9ClN4O. The minimum Gasteiger partial charge on any atom is -0.330 e. The van der Waals surface area contributed by atoms with Crippen LogP contribution >= 0.6 is 12.4 Å². The highest BCUT2D eigenvalue weighted by Gasteiger charge is 1.92. The van der Waals surface area contributed by atoms with Crippen molar-refractivity contribution in [1.82, 2.24) is 15.2 Å². The Bertz CT molecular complexity index is 229. The summed E-state index contributed by atoms with van der Waals surface area (Å²) < 4.78 is 0. The number of aromatic nitrogens is 3. The van der Waals surface area contributed by atoms with E-state index < -0.39 is 0 Å². The summed E-state index contributed by atoms with van der Waals surface area (Å²) in [6, 6.07) is 0. The van der Waals surface area contributed by atoms with Gasteiger partial charge in [0.15, 0.2) is 0 Å². The minimum atomic E-state index is -0.279. The first-order valence-corrected chi connectivity index (χ1v) is 2.66. The Morgan fingerprint density at radius 1 is 1.60 bits per heavy atom. The Morgan fingerprint density at radius 2 is 2.30 bits per heavy atom. The zero-order valence-electron chi connectivity index (χ0n) is 5.26. The Balaban J connectivity index is 0.000000810. The van der Waals surface area contributed by atoms with Gasteiger partial charge in [-0.3, -0.25) is 4.98 Å². The molecule has 10 heavy (non-hydrogen) atoms. The Morgan fingerprint density at radius 3 is 2.70 bits per heavy atom. The molecule has 5 nitrogen and oxygen atoms in total. The first-order chi connectivity index (χ1) is 4.33. The topological polar surface area (TPSA) is 87.6 Å². The van der Waals surface area contributed by atoms with E-state index in [2.05, 4.69) is 15.2 Å². The van der Waals surface area contributed by atoms with Crippen LogP contribution in [0.2, 0.25) is 0 Å². The van der Waals surface area contributed by atoms with Gasteiger partial charge in [-0.25, -0.2) is 9.89 Å². The van der Waals surface area contributed by atoms with Crippen molar-refractivity contribution in [3.8, 4) is 0 Å². The van der Waals surface area contributed by atoms with Gasteiger partial charge in [0.25, 0.3) is 0 Å². The van der Waals surface area contributed by atoms with Crippen molar-refractivity contribution in [3.63, 3.8) is 0 Å². The molecule has 0 unspecified atom stereocenters. The van der Waals surface area contributed by atoms with Crippen LogP contribution in [0.3, 0.4) is 0 Å². The number of halogens is 1.